The van der Waals surface area contributed by atoms with Crippen molar-refractivity contribution in [3.63, 3.8) is 0 Å². The number of anilines is 1. The van der Waals surface area contributed by atoms with Crippen LogP contribution in [0.1, 0.15) is 25.7 Å². The van der Waals surface area contributed by atoms with E-state index in [0.29, 0.717) is 13.0 Å². The number of sulfone groups is 1. The summed E-state index contributed by atoms with van der Waals surface area (Å²) in [5, 5.41) is 2.37. The minimum absolute atomic E-state index is 0.123. The Labute approximate surface area is 122 Å². The molecule has 8 heteroatoms. The summed E-state index contributed by atoms with van der Waals surface area (Å²) in [4.78, 5) is 11.1. The largest absolute Gasteiger partial charge is 0.341 e. The lowest BCUT2D eigenvalue weighted by molar-refractivity contribution is -0.116. The van der Waals surface area contributed by atoms with E-state index in [1.807, 2.05) is 0 Å². The maximum Gasteiger partial charge on any atom is 0.341 e. The van der Waals surface area contributed by atoms with Crippen LogP contribution in [0.25, 0.3) is 0 Å². The fraction of sp³-hybridized carbons (Fsp3) is 0.462. The number of unbranched alkanes of at least 4 members (excludes halogenated alkanes) is 2. The van der Waals surface area contributed by atoms with E-state index in [1.54, 1.807) is 0 Å². The van der Waals surface area contributed by atoms with Gasteiger partial charge in [0.15, 0.2) is 0 Å². The molecule has 0 unspecified atom stereocenters. The molecule has 0 bridgehead atoms. The fourth-order valence-corrected chi connectivity index (χ4v) is 2.62. The van der Waals surface area contributed by atoms with Crippen LogP contribution in [0.15, 0.2) is 29.2 Å². The zero-order valence-corrected chi connectivity index (χ0v) is 12.2. The summed E-state index contributed by atoms with van der Waals surface area (Å²) in [7, 11) is -4.75. The van der Waals surface area contributed by atoms with E-state index < -0.39 is 26.4 Å². The molecule has 0 saturated carbocycles. The molecule has 0 aliphatic rings. The SMILES string of the molecule is NCCCCCC(=O)Nc1ccccc1S(=O)(=O)C(F)F. The van der Waals surface area contributed by atoms with Gasteiger partial charge in [-0.25, -0.2) is 8.42 Å². The minimum atomic E-state index is -4.75. The number of carbonyl (C=O) groups is 1. The Bertz CT molecular complexity index is 577. The number of rotatable bonds is 8. The van der Waals surface area contributed by atoms with Gasteiger partial charge in [0, 0.05) is 6.42 Å². The van der Waals surface area contributed by atoms with Gasteiger partial charge in [-0.05, 0) is 31.5 Å². The van der Waals surface area contributed by atoms with Gasteiger partial charge in [0.25, 0.3) is 0 Å². The van der Waals surface area contributed by atoms with Crippen molar-refractivity contribution in [2.24, 2.45) is 5.73 Å². The van der Waals surface area contributed by atoms with Crippen molar-refractivity contribution in [1.29, 1.82) is 0 Å². The summed E-state index contributed by atoms with van der Waals surface area (Å²) >= 11 is 0. The summed E-state index contributed by atoms with van der Waals surface area (Å²) in [5.74, 6) is -3.94. The van der Waals surface area contributed by atoms with Crippen LogP contribution in [0.2, 0.25) is 0 Å². The van der Waals surface area contributed by atoms with E-state index in [9.17, 15) is 22.0 Å². The molecule has 0 saturated heterocycles. The molecule has 0 aliphatic heterocycles. The van der Waals surface area contributed by atoms with Gasteiger partial charge in [-0.2, -0.15) is 8.78 Å². The first kappa shape index (κ1) is 17.5. The maximum atomic E-state index is 12.6. The highest BCUT2D eigenvalue weighted by atomic mass is 32.2. The van der Waals surface area contributed by atoms with Crippen molar-refractivity contribution in [1.82, 2.24) is 0 Å². The molecule has 0 radical (unpaired) electrons. The van der Waals surface area contributed by atoms with Gasteiger partial charge < -0.3 is 11.1 Å². The lowest BCUT2D eigenvalue weighted by atomic mass is 10.2. The van der Waals surface area contributed by atoms with Crippen LogP contribution in [0, 0.1) is 0 Å². The van der Waals surface area contributed by atoms with Gasteiger partial charge in [0.05, 0.1) is 10.6 Å². The zero-order valence-electron chi connectivity index (χ0n) is 11.4. The number of benzene rings is 1. The molecule has 3 N–H and O–H groups in total. The number of nitrogens with two attached hydrogens (primary N) is 1. The smallest absolute Gasteiger partial charge is 0.330 e. The Morgan fingerprint density at radius 1 is 1.19 bits per heavy atom. The van der Waals surface area contributed by atoms with Crippen molar-refractivity contribution in [2.75, 3.05) is 11.9 Å². The number of halogens is 2. The Hall–Kier alpha value is -1.54. The highest BCUT2D eigenvalue weighted by molar-refractivity contribution is 7.91. The number of hydrogen-bond donors (Lipinski definition) is 2. The summed E-state index contributed by atoms with van der Waals surface area (Å²) in [6.45, 7) is 0.539. The molecular formula is C13H18F2N2O3S. The average Bonchev–Trinajstić information content (AvgIpc) is 2.44. The molecule has 1 aromatic rings. The van der Waals surface area contributed by atoms with Crippen LogP contribution in [-0.4, -0.2) is 26.6 Å². The van der Waals surface area contributed by atoms with Gasteiger partial charge in [0.1, 0.15) is 0 Å². The number of alkyl halides is 2. The van der Waals surface area contributed by atoms with Crippen molar-refractivity contribution >= 4 is 21.4 Å². The first-order valence-electron chi connectivity index (χ1n) is 6.50. The van der Waals surface area contributed by atoms with E-state index in [-0.39, 0.29) is 12.1 Å². The summed E-state index contributed by atoms with van der Waals surface area (Å²) in [6, 6.07) is 5.12. The summed E-state index contributed by atoms with van der Waals surface area (Å²) < 4.78 is 48.2. The number of nitrogens with one attached hydrogen (secondary N) is 1. The predicted molar refractivity (Wildman–Crippen MR) is 75.8 cm³/mol. The number of amides is 1. The monoisotopic (exact) mass is 320 g/mol. The standard InChI is InChI=1S/C13H18F2N2O3S/c14-13(15)21(19,20)11-7-4-3-6-10(11)17-12(18)8-2-1-5-9-16/h3-4,6-7,13H,1-2,5,8-9,16H2,(H,17,18). The molecular weight excluding hydrogens is 302 g/mol. The van der Waals surface area contributed by atoms with E-state index >= 15 is 0 Å². The minimum Gasteiger partial charge on any atom is -0.330 e. The average molecular weight is 320 g/mol. The van der Waals surface area contributed by atoms with Gasteiger partial charge >= 0.3 is 5.76 Å². The number of hydrogen-bond acceptors (Lipinski definition) is 4. The van der Waals surface area contributed by atoms with Gasteiger partial charge in [-0.15, -0.1) is 0 Å². The van der Waals surface area contributed by atoms with Crippen LogP contribution in [0.3, 0.4) is 0 Å². The Balaban J connectivity index is 2.79. The van der Waals surface area contributed by atoms with Crippen LogP contribution in [-0.2, 0) is 14.6 Å². The maximum absolute atomic E-state index is 12.6. The highest BCUT2D eigenvalue weighted by Gasteiger charge is 2.29. The van der Waals surface area contributed by atoms with Gasteiger partial charge in [0.2, 0.25) is 15.7 Å². The third-order valence-electron chi connectivity index (χ3n) is 2.81. The molecule has 21 heavy (non-hydrogen) atoms. The van der Waals surface area contributed by atoms with Crippen LogP contribution >= 0.6 is 0 Å². The fourth-order valence-electron chi connectivity index (χ4n) is 1.73. The Kier molecular flexibility index (Phi) is 6.70. The lowest BCUT2D eigenvalue weighted by Crippen LogP contribution is -2.17. The molecule has 0 aliphatic carbocycles. The van der Waals surface area contributed by atoms with Crippen molar-refractivity contribution in [3.05, 3.63) is 24.3 Å². The first-order valence-corrected chi connectivity index (χ1v) is 8.05. The molecule has 118 valence electrons. The van der Waals surface area contributed by atoms with Crippen LogP contribution in [0.5, 0.6) is 0 Å². The van der Waals surface area contributed by atoms with Crippen molar-refractivity contribution in [2.45, 2.75) is 36.3 Å². The summed E-state index contributed by atoms with van der Waals surface area (Å²) in [6.07, 6.45) is 2.36. The van der Waals surface area contributed by atoms with E-state index in [1.165, 1.54) is 18.2 Å². The molecule has 1 rings (SSSR count). The molecule has 1 amide bonds. The second-order valence-corrected chi connectivity index (χ2v) is 6.34. The lowest BCUT2D eigenvalue weighted by Gasteiger charge is -2.11. The molecule has 0 fully saturated rings. The van der Waals surface area contributed by atoms with Crippen LogP contribution < -0.4 is 11.1 Å². The second-order valence-electron chi connectivity index (χ2n) is 4.45. The third kappa shape index (κ3) is 5.05. The van der Waals surface area contributed by atoms with Crippen LogP contribution in [0.4, 0.5) is 14.5 Å². The molecule has 0 atom stereocenters. The third-order valence-corrected chi connectivity index (χ3v) is 4.25. The van der Waals surface area contributed by atoms with E-state index in [0.717, 1.165) is 18.9 Å². The topological polar surface area (TPSA) is 89.3 Å². The highest BCUT2D eigenvalue weighted by Crippen LogP contribution is 2.26. The number of para-hydroxylation sites is 1. The van der Waals surface area contributed by atoms with Gasteiger partial charge in [-0.1, -0.05) is 18.6 Å². The normalized spacial score (nSPS) is 11.6. The van der Waals surface area contributed by atoms with Crippen molar-refractivity contribution < 1.29 is 22.0 Å². The molecule has 0 aromatic heterocycles. The molecule has 5 nitrogen and oxygen atoms in total. The predicted octanol–water partition coefficient (Wildman–Crippen LogP) is 2.14. The Morgan fingerprint density at radius 2 is 1.86 bits per heavy atom. The number of carbonyl (C=O) groups excluding carboxylic acids is 1. The Morgan fingerprint density at radius 3 is 2.48 bits per heavy atom. The van der Waals surface area contributed by atoms with Gasteiger partial charge in [-0.3, -0.25) is 4.79 Å². The molecule has 1 aromatic carbocycles. The van der Waals surface area contributed by atoms with E-state index in [2.05, 4.69) is 5.32 Å². The first-order chi connectivity index (χ1) is 9.89. The molecule has 0 spiro atoms. The van der Waals surface area contributed by atoms with Crippen molar-refractivity contribution in [3.8, 4) is 0 Å². The van der Waals surface area contributed by atoms with E-state index in [4.69, 9.17) is 5.73 Å². The quantitative estimate of drug-likeness (QED) is 0.718. The molecule has 0 heterocycles. The zero-order chi connectivity index (χ0) is 15.9. The summed E-state index contributed by atoms with van der Waals surface area (Å²) in [5.41, 5.74) is 5.20. The second kappa shape index (κ2) is 8.04.